The summed E-state index contributed by atoms with van der Waals surface area (Å²) in [7, 11) is 1.68. The number of nitrogens with zero attached hydrogens (tertiary/aromatic N) is 2. The Labute approximate surface area is 113 Å². The van der Waals surface area contributed by atoms with Gasteiger partial charge in [0, 0.05) is 13.3 Å². The van der Waals surface area contributed by atoms with Crippen molar-refractivity contribution < 1.29 is 14.6 Å². The molecule has 5 nitrogen and oxygen atoms in total. The fraction of sp³-hybridized carbons (Fsp3) is 0.643. The van der Waals surface area contributed by atoms with E-state index in [2.05, 4.69) is 16.9 Å². The van der Waals surface area contributed by atoms with E-state index in [1.54, 1.807) is 14.0 Å². The SMILES string of the molecule is COC1(c2ncc(C(=O)O)c(C)n2)CCCC(C)C1. The van der Waals surface area contributed by atoms with Crippen LogP contribution in [-0.2, 0) is 10.3 Å². The third-order valence-corrected chi connectivity index (χ3v) is 3.96. The lowest BCUT2D eigenvalue weighted by Crippen LogP contribution is -2.36. The zero-order valence-corrected chi connectivity index (χ0v) is 11.6. The quantitative estimate of drug-likeness (QED) is 0.908. The number of hydrogen-bond donors (Lipinski definition) is 1. The molecule has 1 N–H and O–H groups in total. The summed E-state index contributed by atoms with van der Waals surface area (Å²) in [6.45, 7) is 3.90. The van der Waals surface area contributed by atoms with E-state index in [9.17, 15) is 4.79 Å². The summed E-state index contributed by atoms with van der Waals surface area (Å²) >= 11 is 0. The number of carboxylic acids is 1. The van der Waals surface area contributed by atoms with Gasteiger partial charge in [-0.1, -0.05) is 13.3 Å². The third-order valence-electron chi connectivity index (χ3n) is 3.96. The fourth-order valence-corrected chi connectivity index (χ4v) is 2.88. The van der Waals surface area contributed by atoms with Gasteiger partial charge in [0.05, 0.1) is 11.3 Å². The zero-order valence-electron chi connectivity index (χ0n) is 11.6. The number of hydrogen-bond acceptors (Lipinski definition) is 4. The Kier molecular flexibility index (Phi) is 3.85. The predicted molar refractivity (Wildman–Crippen MR) is 70.0 cm³/mol. The Hall–Kier alpha value is -1.49. The van der Waals surface area contributed by atoms with Gasteiger partial charge >= 0.3 is 5.97 Å². The largest absolute Gasteiger partial charge is 0.478 e. The number of carbonyl (C=O) groups is 1. The van der Waals surface area contributed by atoms with Crippen LogP contribution in [0.1, 0.15) is 54.5 Å². The molecule has 5 heteroatoms. The standard InChI is InChI=1S/C14H20N2O3/c1-9-5-4-6-14(7-9,19-3)13-15-8-11(12(17)18)10(2)16-13/h8-9H,4-7H2,1-3H3,(H,17,18). The summed E-state index contributed by atoms with van der Waals surface area (Å²) < 4.78 is 5.72. The van der Waals surface area contributed by atoms with E-state index in [4.69, 9.17) is 9.84 Å². The number of aromatic nitrogens is 2. The molecule has 19 heavy (non-hydrogen) atoms. The second-order valence-electron chi connectivity index (χ2n) is 5.40. The molecule has 0 radical (unpaired) electrons. The van der Waals surface area contributed by atoms with Crippen molar-refractivity contribution in [2.45, 2.75) is 45.1 Å². The highest BCUT2D eigenvalue weighted by atomic mass is 16.5. The molecule has 0 aromatic carbocycles. The number of carboxylic acid groups (broad SMARTS) is 1. The molecule has 2 rings (SSSR count). The number of aryl methyl sites for hydroxylation is 1. The molecule has 2 unspecified atom stereocenters. The second kappa shape index (κ2) is 5.25. The molecule has 0 amide bonds. The minimum Gasteiger partial charge on any atom is -0.478 e. The zero-order chi connectivity index (χ0) is 14.0. The average Bonchev–Trinajstić information content (AvgIpc) is 2.38. The van der Waals surface area contributed by atoms with Gasteiger partial charge in [-0.2, -0.15) is 0 Å². The molecule has 0 bridgehead atoms. The highest BCUT2D eigenvalue weighted by Gasteiger charge is 2.39. The molecule has 1 aromatic rings. The monoisotopic (exact) mass is 264 g/mol. The van der Waals surface area contributed by atoms with Crippen LogP contribution in [0.25, 0.3) is 0 Å². The van der Waals surface area contributed by atoms with Crippen molar-refractivity contribution >= 4 is 5.97 Å². The minimum absolute atomic E-state index is 0.152. The molecule has 1 aliphatic carbocycles. The summed E-state index contributed by atoms with van der Waals surface area (Å²) in [5, 5.41) is 9.02. The molecule has 0 aliphatic heterocycles. The van der Waals surface area contributed by atoms with Crippen LogP contribution in [0.15, 0.2) is 6.20 Å². The Bertz CT molecular complexity index is 490. The van der Waals surface area contributed by atoms with E-state index in [0.29, 0.717) is 17.4 Å². The van der Waals surface area contributed by atoms with Crippen LogP contribution in [-0.4, -0.2) is 28.2 Å². The topological polar surface area (TPSA) is 72.3 Å². The molecular formula is C14H20N2O3. The second-order valence-corrected chi connectivity index (χ2v) is 5.40. The molecule has 1 aliphatic rings. The first-order chi connectivity index (χ1) is 8.98. The van der Waals surface area contributed by atoms with Gasteiger partial charge in [0.15, 0.2) is 5.82 Å². The lowest BCUT2D eigenvalue weighted by Gasteiger charge is -2.37. The number of methoxy groups -OCH3 is 1. The van der Waals surface area contributed by atoms with E-state index < -0.39 is 11.6 Å². The van der Waals surface area contributed by atoms with Crippen molar-refractivity contribution in [3.05, 3.63) is 23.3 Å². The van der Waals surface area contributed by atoms with E-state index in [1.807, 2.05) is 0 Å². The molecule has 1 fully saturated rings. The van der Waals surface area contributed by atoms with Crippen LogP contribution in [0.3, 0.4) is 0 Å². The van der Waals surface area contributed by atoms with Crippen LogP contribution >= 0.6 is 0 Å². The van der Waals surface area contributed by atoms with E-state index >= 15 is 0 Å². The van der Waals surface area contributed by atoms with Crippen molar-refractivity contribution in [2.75, 3.05) is 7.11 Å². The predicted octanol–water partition coefficient (Wildman–Crippen LogP) is 2.54. The van der Waals surface area contributed by atoms with Crippen molar-refractivity contribution in [3.8, 4) is 0 Å². The Morgan fingerprint density at radius 1 is 1.58 bits per heavy atom. The smallest absolute Gasteiger partial charge is 0.339 e. The molecule has 2 atom stereocenters. The van der Waals surface area contributed by atoms with Crippen molar-refractivity contribution in [1.82, 2.24) is 9.97 Å². The van der Waals surface area contributed by atoms with Crippen LogP contribution in [0.5, 0.6) is 0 Å². The number of aromatic carboxylic acids is 1. The summed E-state index contributed by atoms with van der Waals surface area (Å²) in [5.74, 6) is 0.188. The van der Waals surface area contributed by atoms with Crippen LogP contribution in [0, 0.1) is 12.8 Å². The fourth-order valence-electron chi connectivity index (χ4n) is 2.88. The van der Waals surface area contributed by atoms with Gasteiger partial charge in [-0.3, -0.25) is 0 Å². The number of ether oxygens (including phenoxy) is 1. The highest BCUT2D eigenvalue weighted by Crippen LogP contribution is 2.41. The van der Waals surface area contributed by atoms with Gasteiger partial charge in [0.25, 0.3) is 0 Å². The molecular weight excluding hydrogens is 244 g/mol. The number of rotatable bonds is 3. The molecule has 0 saturated heterocycles. The molecule has 104 valence electrons. The lowest BCUT2D eigenvalue weighted by molar-refractivity contribution is -0.0647. The van der Waals surface area contributed by atoms with E-state index in [-0.39, 0.29) is 5.56 Å². The summed E-state index contributed by atoms with van der Waals surface area (Å²) in [6, 6.07) is 0. The van der Waals surface area contributed by atoms with Crippen LogP contribution in [0.4, 0.5) is 0 Å². The molecule has 1 saturated carbocycles. The first-order valence-corrected chi connectivity index (χ1v) is 6.61. The van der Waals surface area contributed by atoms with Gasteiger partial charge in [-0.05, 0) is 32.1 Å². The van der Waals surface area contributed by atoms with Crippen LogP contribution < -0.4 is 0 Å². The first kappa shape index (κ1) is 13.9. The van der Waals surface area contributed by atoms with Gasteiger partial charge < -0.3 is 9.84 Å². The molecule has 1 aromatic heterocycles. The Balaban J connectivity index is 2.38. The Morgan fingerprint density at radius 2 is 2.32 bits per heavy atom. The maximum Gasteiger partial charge on any atom is 0.339 e. The maximum absolute atomic E-state index is 11.0. The van der Waals surface area contributed by atoms with Gasteiger partial charge in [-0.25, -0.2) is 14.8 Å². The van der Waals surface area contributed by atoms with Crippen molar-refractivity contribution in [1.29, 1.82) is 0 Å². The normalized spacial score (nSPS) is 27.2. The molecule has 0 spiro atoms. The van der Waals surface area contributed by atoms with Crippen LogP contribution in [0.2, 0.25) is 0 Å². The van der Waals surface area contributed by atoms with Crippen molar-refractivity contribution in [3.63, 3.8) is 0 Å². The minimum atomic E-state index is -0.993. The first-order valence-electron chi connectivity index (χ1n) is 6.61. The van der Waals surface area contributed by atoms with E-state index in [1.165, 1.54) is 12.6 Å². The van der Waals surface area contributed by atoms with Crippen molar-refractivity contribution in [2.24, 2.45) is 5.92 Å². The molecule has 1 heterocycles. The summed E-state index contributed by atoms with van der Waals surface area (Å²) in [4.78, 5) is 19.6. The lowest BCUT2D eigenvalue weighted by atomic mass is 9.78. The van der Waals surface area contributed by atoms with Gasteiger partial charge in [0.1, 0.15) is 5.60 Å². The third kappa shape index (κ3) is 2.61. The van der Waals surface area contributed by atoms with E-state index in [0.717, 1.165) is 19.3 Å². The Morgan fingerprint density at radius 3 is 2.84 bits per heavy atom. The summed E-state index contributed by atoms with van der Waals surface area (Å²) in [6.07, 6.45) is 5.44. The average molecular weight is 264 g/mol. The highest BCUT2D eigenvalue weighted by molar-refractivity contribution is 5.88. The summed E-state index contributed by atoms with van der Waals surface area (Å²) in [5.41, 5.74) is 0.186. The van der Waals surface area contributed by atoms with Gasteiger partial charge in [0.2, 0.25) is 0 Å². The van der Waals surface area contributed by atoms with Gasteiger partial charge in [-0.15, -0.1) is 0 Å². The maximum atomic E-state index is 11.0.